The van der Waals surface area contributed by atoms with E-state index in [1.54, 1.807) is 6.92 Å². The highest BCUT2D eigenvalue weighted by Gasteiger charge is 2.03. The van der Waals surface area contributed by atoms with Gasteiger partial charge in [-0.3, -0.25) is 0 Å². The molecule has 0 spiro atoms. The van der Waals surface area contributed by atoms with E-state index in [9.17, 15) is 8.78 Å². The molecule has 0 saturated heterocycles. The molecule has 0 saturated carbocycles. The third kappa shape index (κ3) is 4.30. The van der Waals surface area contributed by atoms with E-state index in [2.05, 4.69) is 11.4 Å². The number of benzene rings is 1. The van der Waals surface area contributed by atoms with Gasteiger partial charge in [-0.2, -0.15) is 0 Å². The van der Waals surface area contributed by atoms with Crippen LogP contribution in [0.25, 0.3) is 6.08 Å². The van der Waals surface area contributed by atoms with Gasteiger partial charge in [-0.1, -0.05) is 12.7 Å². The Bertz CT molecular complexity index is 354. The number of aryl methyl sites for hydroxylation is 1. The second kappa shape index (κ2) is 6.64. The monoisotopic (exact) mass is 215 g/mol. The zero-order valence-corrected chi connectivity index (χ0v) is 8.46. The van der Waals surface area contributed by atoms with Crippen molar-refractivity contribution in [3.8, 4) is 0 Å². The lowest BCUT2D eigenvalue weighted by Gasteiger charge is -1.99. The Kier molecular flexibility index (Phi) is 5.85. The van der Waals surface area contributed by atoms with Gasteiger partial charge in [0.15, 0.2) is 5.34 Å². The van der Waals surface area contributed by atoms with Crippen molar-refractivity contribution in [2.75, 3.05) is 7.11 Å². The van der Waals surface area contributed by atoms with Crippen molar-refractivity contribution < 1.29 is 13.6 Å². The van der Waals surface area contributed by atoms with Crippen molar-refractivity contribution in [3.63, 3.8) is 0 Å². The summed E-state index contributed by atoms with van der Waals surface area (Å²) in [4.78, 5) is 12.3. The molecule has 0 heterocycles. The highest BCUT2D eigenvalue weighted by molar-refractivity contribution is 5.49. The van der Waals surface area contributed by atoms with Crippen molar-refractivity contribution in [1.29, 1.82) is 0 Å². The molecular formula is C10H11F2NO2. The largest absolute Gasteiger partial charge is 0.367 e. The maximum atomic E-state index is 12.7. The van der Waals surface area contributed by atoms with Crippen LogP contribution in [0.1, 0.15) is 11.1 Å². The molecule has 0 aliphatic carbocycles. The standard InChI is InChI=1S/C9H8F2.CH3NO2/c1-3-7-4-6(2)8(10)5-9(7)11;1-4-2-3/h3-5H,1H2,2H3;1H3. The summed E-state index contributed by atoms with van der Waals surface area (Å²) in [7, 11) is 1.20. The van der Waals surface area contributed by atoms with Crippen molar-refractivity contribution >= 4 is 6.08 Å². The Morgan fingerprint density at radius 2 is 1.93 bits per heavy atom. The first-order valence-corrected chi connectivity index (χ1v) is 4.00. The number of nitrogens with zero attached hydrogens (tertiary/aromatic N) is 1. The molecule has 0 unspecified atom stereocenters. The van der Waals surface area contributed by atoms with E-state index in [1.807, 2.05) is 5.34 Å². The summed E-state index contributed by atoms with van der Waals surface area (Å²) in [5.41, 5.74) is 0.769. The summed E-state index contributed by atoms with van der Waals surface area (Å²) in [6.07, 6.45) is 1.36. The highest BCUT2D eigenvalue weighted by atomic mass is 19.1. The topological polar surface area (TPSA) is 38.7 Å². The Labute approximate surface area is 86.3 Å². The van der Waals surface area contributed by atoms with Crippen LogP contribution >= 0.6 is 0 Å². The minimum atomic E-state index is -0.567. The molecule has 1 rings (SSSR count). The predicted octanol–water partition coefficient (Wildman–Crippen LogP) is 3.23. The van der Waals surface area contributed by atoms with Crippen LogP contribution in [0.3, 0.4) is 0 Å². The zero-order chi connectivity index (χ0) is 11.8. The molecule has 82 valence electrons. The molecule has 0 radical (unpaired) electrons. The van der Waals surface area contributed by atoms with E-state index in [-0.39, 0.29) is 0 Å². The minimum Gasteiger partial charge on any atom is -0.367 e. The second-order valence-corrected chi connectivity index (χ2v) is 2.58. The molecule has 1 aromatic rings. The molecule has 0 aliphatic rings. The summed E-state index contributed by atoms with van der Waals surface area (Å²) >= 11 is 0. The maximum absolute atomic E-state index is 12.7. The molecule has 15 heavy (non-hydrogen) atoms. The van der Waals surface area contributed by atoms with Gasteiger partial charge in [0, 0.05) is 11.6 Å². The first kappa shape index (κ1) is 13.2. The highest BCUT2D eigenvalue weighted by Crippen LogP contribution is 2.14. The summed E-state index contributed by atoms with van der Waals surface area (Å²) in [5.74, 6) is -1.09. The normalized spacial score (nSPS) is 8.53. The molecule has 0 fully saturated rings. The number of hydrogen-bond donors (Lipinski definition) is 0. The van der Waals surface area contributed by atoms with Crippen LogP contribution in [0, 0.1) is 23.5 Å². The van der Waals surface area contributed by atoms with Crippen LogP contribution in [0.15, 0.2) is 24.1 Å². The first-order valence-electron chi connectivity index (χ1n) is 4.00. The van der Waals surface area contributed by atoms with Gasteiger partial charge in [0.25, 0.3) is 0 Å². The van der Waals surface area contributed by atoms with Crippen molar-refractivity contribution in [2.45, 2.75) is 6.92 Å². The van der Waals surface area contributed by atoms with E-state index < -0.39 is 11.6 Å². The van der Waals surface area contributed by atoms with Crippen LogP contribution in [0.4, 0.5) is 8.78 Å². The average molecular weight is 215 g/mol. The Morgan fingerprint density at radius 1 is 1.40 bits per heavy atom. The maximum Gasteiger partial charge on any atom is 0.154 e. The number of hydrogen-bond acceptors (Lipinski definition) is 3. The van der Waals surface area contributed by atoms with E-state index >= 15 is 0 Å². The fourth-order valence-corrected chi connectivity index (χ4v) is 0.836. The van der Waals surface area contributed by atoms with Gasteiger partial charge in [0.05, 0.1) is 0 Å². The van der Waals surface area contributed by atoms with Gasteiger partial charge in [0.2, 0.25) is 0 Å². The summed E-state index contributed by atoms with van der Waals surface area (Å²) < 4.78 is 25.3. The van der Waals surface area contributed by atoms with Crippen molar-refractivity contribution in [3.05, 3.63) is 46.4 Å². The lowest BCUT2D eigenvalue weighted by Crippen LogP contribution is -1.88. The molecular weight excluding hydrogens is 204 g/mol. The molecule has 0 aromatic heterocycles. The van der Waals surface area contributed by atoms with Gasteiger partial charge < -0.3 is 4.84 Å². The Morgan fingerprint density at radius 3 is 2.33 bits per heavy atom. The first-order chi connectivity index (χ1) is 7.06. The third-order valence-electron chi connectivity index (χ3n) is 1.57. The number of rotatable bonds is 2. The fraction of sp³-hybridized carbons (Fsp3) is 0.200. The van der Waals surface area contributed by atoms with Crippen LogP contribution in [0.5, 0.6) is 0 Å². The van der Waals surface area contributed by atoms with Crippen LogP contribution in [0.2, 0.25) is 0 Å². The zero-order valence-electron chi connectivity index (χ0n) is 8.46. The van der Waals surface area contributed by atoms with Crippen molar-refractivity contribution in [2.24, 2.45) is 5.34 Å². The van der Waals surface area contributed by atoms with Crippen LogP contribution < -0.4 is 0 Å². The SMILES string of the molecule is C=Cc1cc(C)c(F)cc1F.CON=O. The molecule has 3 nitrogen and oxygen atoms in total. The Balaban J connectivity index is 0.000000423. The minimum absolute atomic E-state index is 0.337. The molecule has 0 amide bonds. The van der Waals surface area contributed by atoms with E-state index in [0.29, 0.717) is 11.1 Å². The molecule has 1 aromatic carbocycles. The van der Waals surface area contributed by atoms with Gasteiger partial charge in [-0.25, -0.2) is 8.78 Å². The molecule has 0 aliphatic heterocycles. The van der Waals surface area contributed by atoms with E-state index in [4.69, 9.17) is 4.91 Å². The lowest BCUT2D eigenvalue weighted by molar-refractivity contribution is 0.208. The Hall–Kier alpha value is -1.78. The summed E-state index contributed by atoms with van der Waals surface area (Å²) in [6.45, 7) is 4.99. The number of halogens is 2. The smallest absolute Gasteiger partial charge is 0.154 e. The lowest BCUT2D eigenvalue weighted by atomic mass is 10.1. The van der Waals surface area contributed by atoms with E-state index in [0.717, 1.165) is 6.07 Å². The molecule has 0 bridgehead atoms. The van der Waals surface area contributed by atoms with Crippen LogP contribution in [-0.2, 0) is 4.84 Å². The second-order valence-electron chi connectivity index (χ2n) is 2.58. The third-order valence-corrected chi connectivity index (χ3v) is 1.57. The quantitative estimate of drug-likeness (QED) is 0.561. The van der Waals surface area contributed by atoms with Gasteiger partial charge in [-0.15, -0.1) is 4.91 Å². The average Bonchev–Trinajstić information content (AvgIpc) is 2.24. The fourth-order valence-electron chi connectivity index (χ4n) is 0.836. The van der Waals surface area contributed by atoms with Crippen LogP contribution in [-0.4, -0.2) is 7.11 Å². The molecule has 0 N–H and O–H groups in total. The van der Waals surface area contributed by atoms with Gasteiger partial charge >= 0.3 is 0 Å². The predicted molar refractivity (Wildman–Crippen MR) is 54.0 cm³/mol. The van der Waals surface area contributed by atoms with E-state index in [1.165, 1.54) is 19.3 Å². The van der Waals surface area contributed by atoms with Gasteiger partial charge in [0.1, 0.15) is 18.7 Å². The molecule has 5 heteroatoms. The molecule has 0 atom stereocenters. The summed E-state index contributed by atoms with van der Waals surface area (Å²) in [6, 6.07) is 2.30. The van der Waals surface area contributed by atoms with Gasteiger partial charge in [-0.05, 0) is 18.6 Å². The van der Waals surface area contributed by atoms with Crippen molar-refractivity contribution in [1.82, 2.24) is 0 Å². The summed E-state index contributed by atoms with van der Waals surface area (Å²) in [5, 5.41) is 1.99.